The average molecular weight is 337 g/mol. The molecular formula is C17H19N7O. The number of para-hydroxylation sites is 1. The van der Waals surface area contributed by atoms with E-state index in [0.29, 0.717) is 31.2 Å². The summed E-state index contributed by atoms with van der Waals surface area (Å²) >= 11 is 0. The summed E-state index contributed by atoms with van der Waals surface area (Å²) in [6.45, 7) is 5.94. The Kier molecular flexibility index (Phi) is 3.79. The van der Waals surface area contributed by atoms with Crippen molar-refractivity contribution in [2.45, 2.75) is 32.9 Å². The van der Waals surface area contributed by atoms with Gasteiger partial charge in [-0.25, -0.2) is 0 Å². The van der Waals surface area contributed by atoms with Gasteiger partial charge in [0.05, 0.1) is 18.4 Å². The van der Waals surface area contributed by atoms with Crippen LogP contribution in [0.3, 0.4) is 0 Å². The maximum Gasteiger partial charge on any atom is 0.276 e. The molecule has 3 heterocycles. The van der Waals surface area contributed by atoms with Crippen LogP contribution in [-0.4, -0.2) is 47.1 Å². The molecule has 0 saturated heterocycles. The number of benzene rings is 1. The smallest absolute Gasteiger partial charge is 0.276 e. The van der Waals surface area contributed by atoms with Crippen molar-refractivity contribution in [2.24, 2.45) is 0 Å². The van der Waals surface area contributed by atoms with E-state index in [1.807, 2.05) is 30.3 Å². The first-order valence-electron chi connectivity index (χ1n) is 8.32. The monoisotopic (exact) mass is 337 g/mol. The molecule has 8 heteroatoms. The minimum atomic E-state index is -0.137. The number of aromatic nitrogens is 6. The highest BCUT2D eigenvalue weighted by Crippen LogP contribution is 2.19. The van der Waals surface area contributed by atoms with Crippen molar-refractivity contribution in [1.82, 2.24) is 34.7 Å². The van der Waals surface area contributed by atoms with E-state index in [1.54, 1.807) is 4.90 Å². The van der Waals surface area contributed by atoms with Crippen LogP contribution in [0.2, 0.25) is 0 Å². The van der Waals surface area contributed by atoms with Gasteiger partial charge in [0, 0.05) is 19.0 Å². The summed E-state index contributed by atoms with van der Waals surface area (Å²) in [4.78, 5) is 16.0. The summed E-state index contributed by atoms with van der Waals surface area (Å²) in [6.07, 6.45) is 1.51. The van der Waals surface area contributed by atoms with Crippen molar-refractivity contribution in [3.8, 4) is 5.69 Å². The minimum Gasteiger partial charge on any atom is -0.328 e. The van der Waals surface area contributed by atoms with E-state index in [1.165, 1.54) is 11.0 Å². The van der Waals surface area contributed by atoms with Gasteiger partial charge in [-0.2, -0.15) is 9.90 Å². The molecule has 1 aliphatic heterocycles. The third-order valence-electron chi connectivity index (χ3n) is 4.28. The number of amides is 1. The third-order valence-corrected chi connectivity index (χ3v) is 4.28. The lowest BCUT2D eigenvalue weighted by molar-refractivity contribution is 0.0699. The van der Waals surface area contributed by atoms with Gasteiger partial charge in [0.25, 0.3) is 5.91 Å². The van der Waals surface area contributed by atoms with Crippen molar-refractivity contribution in [2.75, 3.05) is 6.54 Å². The lowest BCUT2D eigenvalue weighted by Gasteiger charge is -2.27. The Hall–Kier alpha value is -3.03. The van der Waals surface area contributed by atoms with E-state index in [9.17, 15) is 4.79 Å². The highest BCUT2D eigenvalue weighted by atomic mass is 16.2. The van der Waals surface area contributed by atoms with Crippen LogP contribution in [0.5, 0.6) is 0 Å². The molecule has 0 unspecified atom stereocenters. The number of fused-ring (bicyclic) bond motifs is 1. The van der Waals surface area contributed by atoms with Crippen molar-refractivity contribution >= 4 is 5.91 Å². The summed E-state index contributed by atoms with van der Waals surface area (Å²) in [5.74, 6) is 1.97. The lowest BCUT2D eigenvalue weighted by atomic mass is 10.2. The van der Waals surface area contributed by atoms with E-state index in [-0.39, 0.29) is 5.91 Å². The van der Waals surface area contributed by atoms with Crippen molar-refractivity contribution in [3.63, 3.8) is 0 Å². The maximum absolute atomic E-state index is 12.7. The van der Waals surface area contributed by atoms with Gasteiger partial charge in [0.2, 0.25) is 0 Å². The Bertz CT molecular complexity index is 897. The number of carbonyl (C=O) groups excluding carboxylic acids is 1. The van der Waals surface area contributed by atoms with Crippen LogP contribution in [0.25, 0.3) is 5.69 Å². The minimum absolute atomic E-state index is 0.137. The number of rotatable bonds is 3. The number of carbonyl (C=O) groups is 1. The Morgan fingerprint density at radius 3 is 2.68 bits per heavy atom. The van der Waals surface area contributed by atoms with Gasteiger partial charge >= 0.3 is 0 Å². The van der Waals surface area contributed by atoms with E-state index in [0.717, 1.165) is 17.3 Å². The second kappa shape index (κ2) is 6.12. The molecule has 2 aromatic heterocycles. The summed E-state index contributed by atoms with van der Waals surface area (Å²) in [5.41, 5.74) is 1.16. The number of hydrogen-bond donors (Lipinski definition) is 0. The summed E-state index contributed by atoms with van der Waals surface area (Å²) in [7, 11) is 0. The standard InChI is InChI=1S/C17H19N7O/c1-12(2)16-20-19-15-11-22(8-9-23(15)16)17(25)14-10-18-24(21-14)13-6-4-3-5-7-13/h3-7,10,12H,8-9,11H2,1-2H3. The molecule has 3 aromatic rings. The summed E-state index contributed by atoms with van der Waals surface area (Å²) in [5, 5.41) is 17.0. The van der Waals surface area contributed by atoms with E-state index in [4.69, 9.17) is 0 Å². The molecule has 1 aromatic carbocycles. The zero-order valence-corrected chi connectivity index (χ0v) is 14.2. The van der Waals surface area contributed by atoms with Gasteiger partial charge in [-0.1, -0.05) is 32.0 Å². The molecule has 1 amide bonds. The molecule has 128 valence electrons. The van der Waals surface area contributed by atoms with Crippen molar-refractivity contribution < 1.29 is 4.79 Å². The van der Waals surface area contributed by atoms with E-state index >= 15 is 0 Å². The molecule has 25 heavy (non-hydrogen) atoms. The molecule has 0 N–H and O–H groups in total. The summed E-state index contributed by atoms with van der Waals surface area (Å²) < 4.78 is 2.11. The lowest BCUT2D eigenvalue weighted by Crippen LogP contribution is -2.39. The quantitative estimate of drug-likeness (QED) is 0.726. The van der Waals surface area contributed by atoms with Gasteiger partial charge in [0.15, 0.2) is 11.5 Å². The first-order chi connectivity index (χ1) is 12.1. The molecule has 0 bridgehead atoms. The average Bonchev–Trinajstić information content (AvgIpc) is 3.28. The van der Waals surface area contributed by atoms with Gasteiger partial charge in [-0.15, -0.1) is 15.3 Å². The Morgan fingerprint density at radius 1 is 1.12 bits per heavy atom. The molecule has 0 atom stereocenters. The Morgan fingerprint density at radius 2 is 1.92 bits per heavy atom. The fraction of sp³-hybridized carbons (Fsp3) is 0.353. The molecular weight excluding hydrogens is 318 g/mol. The molecule has 4 rings (SSSR count). The maximum atomic E-state index is 12.7. The molecule has 0 aliphatic carbocycles. The largest absolute Gasteiger partial charge is 0.328 e. The van der Waals surface area contributed by atoms with Gasteiger partial charge in [0.1, 0.15) is 5.82 Å². The third kappa shape index (κ3) is 2.79. The predicted octanol–water partition coefficient (Wildman–Crippen LogP) is 1.64. The van der Waals surface area contributed by atoms with Crippen LogP contribution in [0.15, 0.2) is 36.5 Å². The molecule has 0 fully saturated rings. The van der Waals surface area contributed by atoms with Crippen LogP contribution in [-0.2, 0) is 13.1 Å². The fourth-order valence-corrected chi connectivity index (χ4v) is 2.99. The highest BCUT2D eigenvalue weighted by Gasteiger charge is 2.27. The highest BCUT2D eigenvalue weighted by molar-refractivity contribution is 5.91. The van der Waals surface area contributed by atoms with Crippen LogP contribution >= 0.6 is 0 Å². The second-order valence-electron chi connectivity index (χ2n) is 6.36. The Balaban J connectivity index is 1.53. The van der Waals surface area contributed by atoms with Crippen LogP contribution in [0, 0.1) is 0 Å². The molecule has 8 nitrogen and oxygen atoms in total. The second-order valence-corrected chi connectivity index (χ2v) is 6.36. The van der Waals surface area contributed by atoms with Crippen LogP contribution in [0.1, 0.15) is 41.9 Å². The summed E-state index contributed by atoms with van der Waals surface area (Å²) in [6, 6.07) is 9.53. The molecule has 1 aliphatic rings. The zero-order valence-electron chi connectivity index (χ0n) is 14.2. The number of hydrogen-bond acceptors (Lipinski definition) is 5. The fourth-order valence-electron chi connectivity index (χ4n) is 2.99. The van der Waals surface area contributed by atoms with Crippen LogP contribution < -0.4 is 0 Å². The van der Waals surface area contributed by atoms with E-state index in [2.05, 4.69) is 38.8 Å². The van der Waals surface area contributed by atoms with Gasteiger partial charge in [-0.3, -0.25) is 4.79 Å². The van der Waals surface area contributed by atoms with Crippen LogP contribution in [0.4, 0.5) is 0 Å². The Labute approximate surface area is 145 Å². The topological polar surface area (TPSA) is 81.7 Å². The SMILES string of the molecule is CC(C)c1nnc2n1CCN(C(=O)c1cnn(-c3ccccc3)n1)C2. The normalized spacial score (nSPS) is 14.0. The first kappa shape index (κ1) is 15.5. The van der Waals surface area contributed by atoms with Crippen molar-refractivity contribution in [1.29, 1.82) is 0 Å². The zero-order chi connectivity index (χ0) is 17.4. The van der Waals surface area contributed by atoms with Crippen molar-refractivity contribution in [3.05, 3.63) is 53.9 Å². The first-order valence-corrected chi connectivity index (χ1v) is 8.32. The molecule has 0 spiro atoms. The molecule has 0 radical (unpaired) electrons. The molecule has 0 saturated carbocycles. The van der Waals surface area contributed by atoms with Gasteiger partial charge < -0.3 is 9.47 Å². The van der Waals surface area contributed by atoms with E-state index < -0.39 is 0 Å². The predicted molar refractivity (Wildman–Crippen MR) is 90.2 cm³/mol. The number of nitrogens with zero attached hydrogens (tertiary/aromatic N) is 7. The van der Waals surface area contributed by atoms with Gasteiger partial charge in [-0.05, 0) is 12.1 Å².